The predicted octanol–water partition coefficient (Wildman–Crippen LogP) is 2.39. The van der Waals surface area contributed by atoms with E-state index in [4.69, 9.17) is 4.74 Å². The number of hydrogen-bond acceptors (Lipinski definition) is 4. The number of rotatable bonds is 3. The number of H-pyrrole nitrogens is 1. The Morgan fingerprint density at radius 3 is 2.83 bits per heavy atom. The maximum absolute atomic E-state index is 11.5. The average molecular weight is 245 g/mol. The first-order valence-corrected chi connectivity index (χ1v) is 5.77. The molecule has 0 spiro atoms. The van der Waals surface area contributed by atoms with E-state index in [0.29, 0.717) is 17.5 Å². The van der Waals surface area contributed by atoms with Gasteiger partial charge in [0.25, 0.3) is 5.56 Å². The molecule has 2 rings (SSSR count). The van der Waals surface area contributed by atoms with Gasteiger partial charge < -0.3 is 9.72 Å². The summed E-state index contributed by atoms with van der Waals surface area (Å²) in [4.78, 5) is 22.6. The van der Waals surface area contributed by atoms with Gasteiger partial charge in [-0.25, -0.2) is 0 Å². The zero-order valence-corrected chi connectivity index (χ0v) is 10.6. The van der Waals surface area contributed by atoms with E-state index in [0.717, 1.165) is 5.69 Å². The van der Waals surface area contributed by atoms with Crippen molar-refractivity contribution in [2.24, 2.45) is 0 Å². The van der Waals surface area contributed by atoms with Crippen molar-refractivity contribution in [3.63, 3.8) is 0 Å². The summed E-state index contributed by atoms with van der Waals surface area (Å²) in [5, 5.41) is 0. The molecule has 94 valence electrons. The third-order valence-electron chi connectivity index (χ3n) is 2.46. The molecule has 5 nitrogen and oxygen atoms in total. The lowest BCUT2D eigenvalue weighted by Crippen LogP contribution is -2.12. The molecule has 2 aromatic rings. The summed E-state index contributed by atoms with van der Waals surface area (Å²) in [6, 6.07) is 4.90. The molecule has 5 heteroatoms. The fourth-order valence-corrected chi connectivity index (χ4v) is 1.47. The summed E-state index contributed by atoms with van der Waals surface area (Å²) in [6.07, 6.45) is 1.69. The molecule has 1 N–H and O–H groups in total. The second-order valence-corrected chi connectivity index (χ2v) is 4.31. The number of hydrogen-bond donors (Lipinski definition) is 1. The number of nitrogens with one attached hydrogen (secondary N) is 1. The average Bonchev–Trinajstić information content (AvgIpc) is 2.31. The Kier molecular flexibility index (Phi) is 3.41. The molecule has 2 aromatic heterocycles. The van der Waals surface area contributed by atoms with Crippen LogP contribution < -0.4 is 10.3 Å². The maximum Gasteiger partial charge on any atom is 0.254 e. The quantitative estimate of drug-likeness (QED) is 0.901. The first-order chi connectivity index (χ1) is 8.56. The number of aromatic nitrogens is 3. The minimum Gasteiger partial charge on any atom is -0.437 e. The summed E-state index contributed by atoms with van der Waals surface area (Å²) in [6.45, 7) is 5.75. The van der Waals surface area contributed by atoms with Crippen molar-refractivity contribution >= 4 is 0 Å². The van der Waals surface area contributed by atoms with Crippen LogP contribution in [0.4, 0.5) is 0 Å². The molecule has 18 heavy (non-hydrogen) atoms. The third kappa shape index (κ3) is 2.74. The summed E-state index contributed by atoms with van der Waals surface area (Å²) >= 11 is 0. The molecule has 0 saturated heterocycles. The van der Waals surface area contributed by atoms with Gasteiger partial charge in [-0.1, -0.05) is 13.8 Å². The van der Waals surface area contributed by atoms with Gasteiger partial charge in [-0.15, -0.1) is 0 Å². The second-order valence-electron chi connectivity index (χ2n) is 4.31. The SMILES string of the molecule is Cc1ncccc1Oc1cc(=O)[nH]c(C(C)C)n1. The Morgan fingerprint density at radius 2 is 2.17 bits per heavy atom. The first-order valence-electron chi connectivity index (χ1n) is 5.77. The Hall–Kier alpha value is -2.17. The minimum atomic E-state index is -0.217. The van der Waals surface area contributed by atoms with Crippen molar-refractivity contribution < 1.29 is 4.74 Å². The van der Waals surface area contributed by atoms with Crippen LogP contribution >= 0.6 is 0 Å². The van der Waals surface area contributed by atoms with Crippen LogP contribution in [0, 0.1) is 6.92 Å². The van der Waals surface area contributed by atoms with E-state index in [1.165, 1.54) is 6.07 Å². The Morgan fingerprint density at radius 1 is 1.39 bits per heavy atom. The van der Waals surface area contributed by atoms with Gasteiger partial charge in [-0.05, 0) is 19.1 Å². The molecule has 0 aliphatic carbocycles. The topological polar surface area (TPSA) is 67.9 Å². The molecule has 0 saturated carbocycles. The van der Waals surface area contributed by atoms with Gasteiger partial charge in [-0.2, -0.15) is 4.98 Å². The van der Waals surface area contributed by atoms with E-state index >= 15 is 0 Å². The highest BCUT2D eigenvalue weighted by molar-refractivity contribution is 5.29. The van der Waals surface area contributed by atoms with Crippen molar-refractivity contribution in [1.82, 2.24) is 15.0 Å². The Bertz CT molecular complexity index is 605. The molecule has 0 unspecified atom stereocenters. The van der Waals surface area contributed by atoms with Gasteiger partial charge in [0.15, 0.2) is 5.75 Å². The molecular weight excluding hydrogens is 230 g/mol. The van der Waals surface area contributed by atoms with Crippen molar-refractivity contribution in [3.8, 4) is 11.6 Å². The van der Waals surface area contributed by atoms with E-state index in [2.05, 4.69) is 15.0 Å². The molecule has 0 amide bonds. The fraction of sp³-hybridized carbons (Fsp3) is 0.308. The Balaban J connectivity index is 2.35. The summed E-state index contributed by atoms with van der Waals surface area (Å²) in [7, 11) is 0. The highest BCUT2D eigenvalue weighted by Crippen LogP contribution is 2.21. The van der Waals surface area contributed by atoms with Crippen molar-refractivity contribution in [1.29, 1.82) is 0 Å². The highest BCUT2D eigenvalue weighted by Gasteiger charge is 2.08. The minimum absolute atomic E-state index is 0.135. The van der Waals surface area contributed by atoms with Gasteiger partial charge in [0, 0.05) is 12.1 Å². The van der Waals surface area contributed by atoms with Gasteiger partial charge in [0.2, 0.25) is 5.88 Å². The molecule has 0 atom stereocenters. The zero-order chi connectivity index (χ0) is 13.1. The zero-order valence-electron chi connectivity index (χ0n) is 10.6. The van der Waals surface area contributed by atoms with Crippen LogP contribution in [-0.2, 0) is 0 Å². The molecule has 0 aliphatic heterocycles. The smallest absolute Gasteiger partial charge is 0.254 e. The molecule has 0 radical (unpaired) electrons. The number of nitrogens with zero attached hydrogens (tertiary/aromatic N) is 2. The van der Waals surface area contributed by atoms with E-state index in [-0.39, 0.29) is 11.5 Å². The lowest BCUT2D eigenvalue weighted by atomic mass is 10.2. The van der Waals surface area contributed by atoms with Crippen LogP contribution in [0.1, 0.15) is 31.3 Å². The number of aryl methyl sites for hydroxylation is 1. The predicted molar refractivity (Wildman–Crippen MR) is 68.0 cm³/mol. The van der Waals surface area contributed by atoms with E-state index in [9.17, 15) is 4.79 Å². The summed E-state index contributed by atoms with van der Waals surface area (Å²) in [5.41, 5.74) is 0.538. The van der Waals surface area contributed by atoms with Crippen LogP contribution in [0.2, 0.25) is 0 Å². The summed E-state index contributed by atoms with van der Waals surface area (Å²) < 4.78 is 5.59. The molecule has 0 fully saturated rings. The van der Waals surface area contributed by atoms with Gasteiger partial charge >= 0.3 is 0 Å². The lowest BCUT2D eigenvalue weighted by molar-refractivity contribution is 0.449. The van der Waals surface area contributed by atoms with Crippen molar-refractivity contribution in [2.45, 2.75) is 26.7 Å². The molecule has 0 aliphatic rings. The van der Waals surface area contributed by atoms with Crippen LogP contribution in [0.3, 0.4) is 0 Å². The van der Waals surface area contributed by atoms with Crippen LogP contribution in [-0.4, -0.2) is 15.0 Å². The third-order valence-corrected chi connectivity index (χ3v) is 2.46. The standard InChI is InChI=1S/C13H15N3O2/c1-8(2)13-15-11(17)7-12(16-13)18-10-5-4-6-14-9(10)3/h4-8H,1-3H3,(H,15,16,17). The normalized spacial score (nSPS) is 10.7. The van der Waals surface area contributed by atoms with Gasteiger partial charge in [0.05, 0.1) is 11.8 Å². The Labute approximate surface area is 105 Å². The second kappa shape index (κ2) is 5.00. The molecular formula is C13H15N3O2. The summed E-state index contributed by atoms with van der Waals surface area (Å²) in [5.74, 6) is 1.64. The van der Waals surface area contributed by atoms with Crippen LogP contribution in [0.15, 0.2) is 29.2 Å². The van der Waals surface area contributed by atoms with Crippen molar-refractivity contribution in [3.05, 3.63) is 46.3 Å². The van der Waals surface area contributed by atoms with E-state index in [1.54, 1.807) is 18.3 Å². The van der Waals surface area contributed by atoms with Crippen LogP contribution in [0.5, 0.6) is 11.6 Å². The highest BCUT2D eigenvalue weighted by atomic mass is 16.5. The van der Waals surface area contributed by atoms with Gasteiger partial charge in [-0.3, -0.25) is 9.78 Å². The van der Waals surface area contributed by atoms with Crippen molar-refractivity contribution in [2.75, 3.05) is 0 Å². The van der Waals surface area contributed by atoms with E-state index < -0.39 is 0 Å². The molecule has 0 bridgehead atoms. The monoisotopic (exact) mass is 245 g/mol. The first kappa shape index (κ1) is 12.3. The molecule has 2 heterocycles. The molecule has 0 aromatic carbocycles. The number of ether oxygens (including phenoxy) is 1. The number of aromatic amines is 1. The number of pyridine rings is 1. The maximum atomic E-state index is 11.5. The largest absolute Gasteiger partial charge is 0.437 e. The van der Waals surface area contributed by atoms with Crippen LogP contribution in [0.25, 0.3) is 0 Å². The van der Waals surface area contributed by atoms with Gasteiger partial charge in [0.1, 0.15) is 5.82 Å². The van der Waals surface area contributed by atoms with E-state index in [1.807, 2.05) is 20.8 Å². The lowest BCUT2D eigenvalue weighted by Gasteiger charge is -2.09. The fourth-order valence-electron chi connectivity index (χ4n) is 1.47.